The summed E-state index contributed by atoms with van der Waals surface area (Å²) in [7, 11) is 0. The second-order valence-corrected chi connectivity index (χ2v) is 8.57. The van der Waals surface area contributed by atoms with Crippen LogP contribution in [0.1, 0.15) is 11.1 Å². The third-order valence-electron chi connectivity index (χ3n) is 3.22. The lowest BCUT2D eigenvalue weighted by Crippen LogP contribution is -1.98. The zero-order valence-electron chi connectivity index (χ0n) is 13.3. The molecular formula is C19H16Br4O2. The highest BCUT2D eigenvalue weighted by molar-refractivity contribution is 9.11. The highest BCUT2D eigenvalue weighted by Crippen LogP contribution is 2.38. The van der Waals surface area contributed by atoms with Crippen LogP contribution in [0.15, 0.2) is 67.5 Å². The molecule has 0 saturated heterocycles. The standard InChI is InChI=1S/C19H16Br4O2/c1-3-5-24-18-14(20)8-12(9-15(18)21)7-13-10-16(22)19(17(23)11-13)25-6-4-2/h3-4,8-11H,1-2,5-7H2. The number of ether oxygens (including phenoxy) is 2. The van der Waals surface area contributed by atoms with Gasteiger partial charge in [0.25, 0.3) is 0 Å². The van der Waals surface area contributed by atoms with Crippen LogP contribution in [-0.2, 0) is 6.42 Å². The molecule has 0 aliphatic carbocycles. The summed E-state index contributed by atoms with van der Waals surface area (Å²) < 4.78 is 14.9. The largest absolute Gasteiger partial charge is 0.487 e. The van der Waals surface area contributed by atoms with Crippen LogP contribution >= 0.6 is 63.7 Å². The minimum Gasteiger partial charge on any atom is -0.487 e. The van der Waals surface area contributed by atoms with Gasteiger partial charge in [0.2, 0.25) is 0 Å². The van der Waals surface area contributed by atoms with E-state index in [1.807, 2.05) is 0 Å². The molecule has 25 heavy (non-hydrogen) atoms. The van der Waals surface area contributed by atoms with Crippen molar-refractivity contribution in [1.29, 1.82) is 0 Å². The van der Waals surface area contributed by atoms with E-state index >= 15 is 0 Å². The molecule has 0 unspecified atom stereocenters. The predicted molar refractivity (Wildman–Crippen MR) is 118 cm³/mol. The summed E-state index contributed by atoms with van der Waals surface area (Å²) in [5.41, 5.74) is 2.31. The number of hydrogen-bond donors (Lipinski definition) is 0. The molecule has 6 heteroatoms. The Labute approximate surface area is 181 Å². The molecule has 0 bridgehead atoms. The van der Waals surface area contributed by atoms with Gasteiger partial charge in [-0.2, -0.15) is 0 Å². The molecule has 2 nitrogen and oxygen atoms in total. The van der Waals surface area contributed by atoms with Gasteiger partial charge in [0.05, 0.1) is 17.9 Å². The van der Waals surface area contributed by atoms with Crippen LogP contribution in [0, 0.1) is 0 Å². The molecule has 0 radical (unpaired) electrons. The van der Waals surface area contributed by atoms with Crippen LogP contribution < -0.4 is 9.47 Å². The Morgan fingerprint density at radius 2 is 1.00 bits per heavy atom. The Bertz CT molecular complexity index is 675. The van der Waals surface area contributed by atoms with Crippen LogP contribution in [0.2, 0.25) is 0 Å². The number of rotatable bonds is 8. The van der Waals surface area contributed by atoms with Gasteiger partial charge in [-0.3, -0.25) is 0 Å². The Morgan fingerprint density at radius 3 is 1.28 bits per heavy atom. The van der Waals surface area contributed by atoms with Crippen molar-refractivity contribution in [2.24, 2.45) is 0 Å². The molecule has 0 aliphatic rings. The van der Waals surface area contributed by atoms with E-state index in [0.717, 1.165) is 46.9 Å². The third kappa shape index (κ3) is 5.71. The van der Waals surface area contributed by atoms with Crippen LogP contribution in [-0.4, -0.2) is 13.2 Å². The van der Waals surface area contributed by atoms with E-state index in [0.29, 0.717) is 13.2 Å². The second kappa shape index (κ2) is 9.95. The number of halogens is 4. The zero-order valence-corrected chi connectivity index (χ0v) is 19.7. The zero-order chi connectivity index (χ0) is 18.4. The summed E-state index contributed by atoms with van der Waals surface area (Å²) in [4.78, 5) is 0. The Hall–Kier alpha value is -0.560. The molecule has 0 aromatic heterocycles. The van der Waals surface area contributed by atoms with Crippen molar-refractivity contribution < 1.29 is 9.47 Å². The average molecular weight is 596 g/mol. The van der Waals surface area contributed by atoms with Crippen molar-refractivity contribution in [2.75, 3.05) is 13.2 Å². The van der Waals surface area contributed by atoms with Crippen molar-refractivity contribution in [1.82, 2.24) is 0 Å². The second-order valence-electron chi connectivity index (χ2n) is 5.15. The van der Waals surface area contributed by atoms with Gasteiger partial charge in [0.1, 0.15) is 24.7 Å². The fraction of sp³-hybridized carbons (Fsp3) is 0.158. The molecule has 0 heterocycles. The van der Waals surface area contributed by atoms with Crippen molar-refractivity contribution in [3.63, 3.8) is 0 Å². The maximum atomic E-state index is 5.66. The van der Waals surface area contributed by atoms with Crippen LogP contribution in [0.25, 0.3) is 0 Å². The summed E-state index contributed by atoms with van der Waals surface area (Å²) >= 11 is 14.3. The smallest absolute Gasteiger partial charge is 0.148 e. The van der Waals surface area contributed by atoms with Gasteiger partial charge in [-0.25, -0.2) is 0 Å². The summed E-state index contributed by atoms with van der Waals surface area (Å²) in [6.45, 7) is 8.26. The highest BCUT2D eigenvalue weighted by Gasteiger charge is 2.12. The fourth-order valence-corrected chi connectivity index (χ4v) is 5.25. The molecular weight excluding hydrogens is 580 g/mol. The summed E-state index contributed by atoms with van der Waals surface area (Å²) in [5.74, 6) is 1.55. The normalized spacial score (nSPS) is 10.4. The summed E-state index contributed by atoms with van der Waals surface area (Å²) in [6, 6.07) is 8.25. The molecule has 2 aromatic carbocycles. The first-order valence-corrected chi connectivity index (χ1v) is 10.6. The van der Waals surface area contributed by atoms with E-state index in [-0.39, 0.29) is 0 Å². The maximum absolute atomic E-state index is 5.66. The lowest BCUT2D eigenvalue weighted by Gasteiger charge is -2.13. The van der Waals surface area contributed by atoms with Gasteiger partial charge in [-0.15, -0.1) is 0 Å². The van der Waals surface area contributed by atoms with Crippen LogP contribution in [0.3, 0.4) is 0 Å². The van der Waals surface area contributed by atoms with Crippen molar-refractivity contribution in [2.45, 2.75) is 6.42 Å². The number of hydrogen-bond acceptors (Lipinski definition) is 2. The van der Waals surface area contributed by atoms with Crippen molar-refractivity contribution >= 4 is 63.7 Å². The van der Waals surface area contributed by atoms with Crippen molar-refractivity contribution in [3.05, 3.63) is 78.6 Å². The quantitative estimate of drug-likeness (QED) is 0.295. The SMILES string of the molecule is C=CCOc1c(Br)cc(Cc2cc(Br)c(OCC=C)c(Br)c2)cc1Br. The molecule has 0 atom stereocenters. The lowest BCUT2D eigenvalue weighted by atomic mass is 10.0. The first-order valence-electron chi connectivity index (χ1n) is 7.39. The van der Waals surface area contributed by atoms with Gasteiger partial charge < -0.3 is 9.47 Å². The Kier molecular flexibility index (Phi) is 8.26. The van der Waals surface area contributed by atoms with E-state index < -0.39 is 0 Å². The average Bonchev–Trinajstić information content (AvgIpc) is 2.53. The predicted octanol–water partition coefficient (Wildman–Crippen LogP) is 7.46. The minimum atomic E-state index is 0.461. The Morgan fingerprint density at radius 1 is 0.680 bits per heavy atom. The first kappa shape index (κ1) is 20.7. The summed E-state index contributed by atoms with van der Waals surface area (Å²) in [5, 5.41) is 0. The Balaban J connectivity index is 2.25. The fourth-order valence-electron chi connectivity index (χ4n) is 2.22. The monoisotopic (exact) mass is 592 g/mol. The van der Waals surface area contributed by atoms with E-state index in [1.165, 1.54) is 0 Å². The molecule has 2 aromatic rings. The highest BCUT2D eigenvalue weighted by atomic mass is 79.9. The molecule has 0 saturated carbocycles. The molecule has 0 N–H and O–H groups in total. The van der Waals surface area contributed by atoms with Gasteiger partial charge >= 0.3 is 0 Å². The number of benzene rings is 2. The molecule has 0 fully saturated rings. The van der Waals surface area contributed by atoms with Gasteiger partial charge in [0, 0.05) is 0 Å². The lowest BCUT2D eigenvalue weighted by molar-refractivity contribution is 0.358. The topological polar surface area (TPSA) is 18.5 Å². The summed E-state index contributed by atoms with van der Waals surface area (Å²) in [6.07, 6.45) is 4.22. The van der Waals surface area contributed by atoms with Crippen LogP contribution in [0.5, 0.6) is 11.5 Å². The molecule has 0 amide bonds. The molecule has 2 rings (SSSR count). The van der Waals surface area contributed by atoms with Crippen molar-refractivity contribution in [3.8, 4) is 11.5 Å². The van der Waals surface area contributed by atoms with Gasteiger partial charge in [0.15, 0.2) is 0 Å². The third-order valence-corrected chi connectivity index (χ3v) is 5.57. The first-order chi connectivity index (χ1) is 12.0. The van der Waals surface area contributed by atoms with E-state index in [4.69, 9.17) is 9.47 Å². The van der Waals surface area contributed by atoms with E-state index in [9.17, 15) is 0 Å². The minimum absolute atomic E-state index is 0.461. The molecule has 0 aliphatic heterocycles. The van der Waals surface area contributed by atoms with Crippen LogP contribution in [0.4, 0.5) is 0 Å². The molecule has 0 spiro atoms. The van der Waals surface area contributed by atoms with Gasteiger partial charge in [-0.1, -0.05) is 25.3 Å². The van der Waals surface area contributed by atoms with Gasteiger partial charge in [-0.05, 0) is 106 Å². The van der Waals surface area contributed by atoms with E-state index in [1.54, 1.807) is 12.2 Å². The maximum Gasteiger partial charge on any atom is 0.148 e. The molecule has 132 valence electrons. The van der Waals surface area contributed by atoms with E-state index in [2.05, 4.69) is 101 Å².